The minimum absolute atomic E-state index is 0.0517. The van der Waals surface area contributed by atoms with Gasteiger partial charge in [-0.25, -0.2) is 4.39 Å². The molecule has 18 heavy (non-hydrogen) atoms. The summed E-state index contributed by atoms with van der Waals surface area (Å²) in [7, 11) is 0. The molecule has 2 atom stereocenters. The minimum Gasteiger partial charge on any atom is -0.493 e. The maximum absolute atomic E-state index is 13.3. The topological polar surface area (TPSA) is 78.3 Å². The lowest BCUT2D eigenvalue weighted by atomic mass is 10.1. The predicted molar refractivity (Wildman–Crippen MR) is 67.6 cm³/mol. The molecule has 1 aromatic carbocycles. The van der Waals surface area contributed by atoms with Gasteiger partial charge in [-0.05, 0) is 31.0 Å². The van der Waals surface area contributed by atoms with E-state index in [4.69, 9.17) is 16.2 Å². The molecular formula is C13H19FN2O2. The molecule has 0 aliphatic heterocycles. The number of carbonyl (C=O) groups excluding carboxylic acids is 1. The smallest absolute Gasteiger partial charge is 0.223 e. The first-order valence-electron chi connectivity index (χ1n) is 5.85. The molecule has 100 valence electrons. The molecule has 5 heteroatoms. The van der Waals surface area contributed by atoms with E-state index in [9.17, 15) is 9.18 Å². The largest absolute Gasteiger partial charge is 0.493 e. The Kier molecular flexibility index (Phi) is 5.09. The van der Waals surface area contributed by atoms with Crippen molar-refractivity contribution in [3.63, 3.8) is 0 Å². The van der Waals surface area contributed by atoms with Crippen molar-refractivity contribution >= 4 is 5.91 Å². The Balaban J connectivity index is 2.71. The fourth-order valence-corrected chi connectivity index (χ4v) is 1.50. The summed E-state index contributed by atoms with van der Waals surface area (Å²) in [5, 5.41) is 0. The summed E-state index contributed by atoms with van der Waals surface area (Å²) in [5.74, 6) is -0.846. The zero-order valence-electron chi connectivity index (χ0n) is 10.7. The number of halogens is 1. The summed E-state index contributed by atoms with van der Waals surface area (Å²) < 4.78 is 18.7. The van der Waals surface area contributed by atoms with Gasteiger partial charge in [0.1, 0.15) is 11.6 Å². The standard InChI is InChI=1S/C13H19FN2O2/c1-8(13(16)17)7-18-12-5-10(3-9(2)15)4-11(14)6-12/h4-6,8-9H,3,7,15H2,1-2H3,(H2,16,17). The van der Waals surface area contributed by atoms with Crippen LogP contribution >= 0.6 is 0 Å². The predicted octanol–water partition coefficient (Wildman–Crippen LogP) is 1.22. The van der Waals surface area contributed by atoms with Crippen LogP contribution in [0.25, 0.3) is 0 Å². The van der Waals surface area contributed by atoms with Crippen molar-refractivity contribution in [2.24, 2.45) is 17.4 Å². The van der Waals surface area contributed by atoms with Crippen molar-refractivity contribution in [2.75, 3.05) is 6.61 Å². The van der Waals surface area contributed by atoms with E-state index in [2.05, 4.69) is 0 Å². The summed E-state index contributed by atoms with van der Waals surface area (Å²) in [6.45, 7) is 3.64. The number of amides is 1. The number of carbonyl (C=O) groups is 1. The van der Waals surface area contributed by atoms with Crippen molar-refractivity contribution in [1.29, 1.82) is 0 Å². The van der Waals surface area contributed by atoms with Crippen molar-refractivity contribution in [3.8, 4) is 5.75 Å². The first-order valence-corrected chi connectivity index (χ1v) is 5.85. The number of primary amides is 1. The normalized spacial score (nSPS) is 14.0. The Labute approximate surface area is 106 Å². The number of hydrogen-bond acceptors (Lipinski definition) is 3. The van der Waals surface area contributed by atoms with Crippen LogP contribution in [0, 0.1) is 11.7 Å². The highest BCUT2D eigenvalue weighted by atomic mass is 19.1. The van der Waals surface area contributed by atoms with Gasteiger partial charge in [-0.3, -0.25) is 4.79 Å². The highest BCUT2D eigenvalue weighted by Gasteiger charge is 2.10. The molecule has 1 amide bonds. The average molecular weight is 254 g/mol. The molecule has 0 aliphatic carbocycles. The van der Waals surface area contributed by atoms with Crippen LogP contribution in [0.4, 0.5) is 4.39 Å². The summed E-state index contributed by atoms with van der Waals surface area (Å²) in [6.07, 6.45) is 0.569. The maximum atomic E-state index is 13.3. The molecule has 0 heterocycles. The van der Waals surface area contributed by atoms with Gasteiger partial charge >= 0.3 is 0 Å². The first kappa shape index (κ1) is 14.4. The van der Waals surface area contributed by atoms with Crippen molar-refractivity contribution < 1.29 is 13.9 Å². The van der Waals surface area contributed by atoms with Crippen molar-refractivity contribution in [1.82, 2.24) is 0 Å². The van der Waals surface area contributed by atoms with Gasteiger partial charge < -0.3 is 16.2 Å². The van der Waals surface area contributed by atoms with Crippen LogP contribution in [0.2, 0.25) is 0 Å². The number of rotatable bonds is 6. The Bertz CT molecular complexity index is 421. The lowest BCUT2D eigenvalue weighted by Crippen LogP contribution is -2.25. The highest BCUT2D eigenvalue weighted by Crippen LogP contribution is 2.18. The van der Waals surface area contributed by atoms with E-state index >= 15 is 0 Å². The van der Waals surface area contributed by atoms with Crippen LogP contribution < -0.4 is 16.2 Å². The number of hydrogen-bond donors (Lipinski definition) is 2. The molecule has 4 nitrogen and oxygen atoms in total. The summed E-state index contributed by atoms with van der Waals surface area (Å²) in [4.78, 5) is 10.9. The van der Waals surface area contributed by atoms with Gasteiger partial charge in [0.05, 0.1) is 12.5 Å². The Morgan fingerprint density at radius 2 is 2.06 bits per heavy atom. The zero-order valence-corrected chi connectivity index (χ0v) is 10.7. The number of benzene rings is 1. The quantitative estimate of drug-likeness (QED) is 0.801. The van der Waals surface area contributed by atoms with E-state index in [1.165, 1.54) is 12.1 Å². The van der Waals surface area contributed by atoms with E-state index in [1.54, 1.807) is 13.0 Å². The second kappa shape index (κ2) is 6.35. The van der Waals surface area contributed by atoms with Gasteiger partial charge in [0.15, 0.2) is 0 Å². The van der Waals surface area contributed by atoms with Gasteiger partial charge in [-0.2, -0.15) is 0 Å². The molecule has 1 rings (SSSR count). The van der Waals surface area contributed by atoms with Crippen molar-refractivity contribution in [3.05, 3.63) is 29.6 Å². The van der Waals surface area contributed by atoms with E-state index < -0.39 is 11.8 Å². The molecule has 0 spiro atoms. The highest BCUT2D eigenvalue weighted by molar-refractivity contribution is 5.76. The van der Waals surface area contributed by atoms with E-state index in [0.717, 1.165) is 5.56 Å². The third-order valence-electron chi connectivity index (χ3n) is 2.47. The Morgan fingerprint density at radius 3 is 2.61 bits per heavy atom. The number of nitrogens with two attached hydrogens (primary N) is 2. The van der Waals surface area contributed by atoms with Gasteiger partial charge in [0.25, 0.3) is 0 Å². The second-order valence-electron chi connectivity index (χ2n) is 4.59. The van der Waals surface area contributed by atoms with Gasteiger partial charge in [0.2, 0.25) is 5.91 Å². The van der Waals surface area contributed by atoms with E-state index in [1.807, 2.05) is 6.92 Å². The summed E-state index contributed by atoms with van der Waals surface area (Å²) >= 11 is 0. The van der Waals surface area contributed by atoms with Crippen LogP contribution in [0.3, 0.4) is 0 Å². The fourth-order valence-electron chi connectivity index (χ4n) is 1.50. The third-order valence-corrected chi connectivity index (χ3v) is 2.47. The van der Waals surface area contributed by atoms with Crippen molar-refractivity contribution in [2.45, 2.75) is 26.3 Å². The number of ether oxygens (including phenoxy) is 1. The molecule has 0 aromatic heterocycles. The second-order valence-corrected chi connectivity index (χ2v) is 4.59. The SMILES string of the molecule is CC(N)Cc1cc(F)cc(OCC(C)C(N)=O)c1. The molecule has 1 aromatic rings. The molecule has 0 bridgehead atoms. The molecule has 0 saturated heterocycles. The average Bonchev–Trinajstić information content (AvgIpc) is 2.23. The lowest BCUT2D eigenvalue weighted by molar-refractivity contribution is -0.122. The molecule has 2 unspecified atom stereocenters. The monoisotopic (exact) mass is 254 g/mol. The van der Waals surface area contributed by atoms with Gasteiger partial charge in [0, 0.05) is 12.1 Å². The third kappa shape index (κ3) is 4.71. The molecular weight excluding hydrogens is 235 g/mol. The van der Waals surface area contributed by atoms with Crippen LogP contribution in [0.1, 0.15) is 19.4 Å². The van der Waals surface area contributed by atoms with E-state index in [0.29, 0.717) is 12.2 Å². The molecule has 0 radical (unpaired) electrons. The van der Waals surface area contributed by atoms with Crippen LogP contribution in [0.5, 0.6) is 5.75 Å². The first-order chi connectivity index (χ1) is 8.38. The van der Waals surface area contributed by atoms with Gasteiger partial charge in [-0.1, -0.05) is 6.92 Å². The fraction of sp³-hybridized carbons (Fsp3) is 0.462. The zero-order chi connectivity index (χ0) is 13.7. The Morgan fingerprint density at radius 1 is 1.39 bits per heavy atom. The molecule has 0 fully saturated rings. The molecule has 4 N–H and O–H groups in total. The van der Waals surface area contributed by atoms with Crippen LogP contribution in [-0.4, -0.2) is 18.6 Å². The molecule has 0 saturated carbocycles. The van der Waals surface area contributed by atoms with Crippen LogP contribution in [-0.2, 0) is 11.2 Å². The summed E-state index contributed by atoms with van der Waals surface area (Å²) in [6, 6.07) is 4.37. The minimum atomic E-state index is -0.442. The van der Waals surface area contributed by atoms with Crippen LogP contribution in [0.15, 0.2) is 18.2 Å². The lowest BCUT2D eigenvalue weighted by Gasteiger charge is -2.12. The maximum Gasteiger partial charge on any atom is 0.223 e. The molecule has 0 aliphatic rings. The van der Waals surface area contributed by atoms with E-state index in [-0.39, 0.29) is 18.5 Å². The Hall–Kier alpha value is -1.62. The summed E-state index contributed by atoms with van der Waals surface area (Å²) in [5.41, 5.74) is 11.5. The van der Waals surface area contributed by atoms with Gasteiger partial charge in [-0.15, -0.1) is 0 Å².